The van der Waals surface area contributed by atoms with E-state index in [4.69, 9.17) is 16.3 Å². The molecule has 0 saturated heterocycles. The van der Waals surface area contributed by atoms with E-state index in [1.807, 2.05) is 19.1 Å². The Morgan fingerprint density at radius 2 is 2.06 bits per heavy atom. The van der Waals surface area contributed by atoms with Crippen molar-refractivity contribution in [2.45, 2.75) is 39.0 Å². The maximum atomic E-state index is 6.24. The Balaban J connectivity index is 2.50. The van der Waals surface area contributed by atoms with Crippen molar-refractivity contribution in [3.63, 3.8) is 0 Å². The number of hydrogen-bond acceptors (Lipinski definition) is 1. The zero-order valence-corrected chi connectivity index (χ0v) is 11.1. The van der Waals surface area contributed by atoms with Gasteiger partial charge < -0.3 is 4.74 Å². The molecule has 2 heteroatoms. The quantitative estimate of drug-likeness (QED) is 0.675. The molecular weight excluding hydrogens is 220 g/mol. The molecule has 1 aromatic rings. The fourth-order valence-corrected chi connectivity index (χ4v) is 1.70. The van der Waals surface area contributed by atoms with E-state index >= 15 is 0 Å². The van der Waals surface area contributed by atoms with Crippen LogP contribution in [0.15, 0.2) is 24.3 Å². The minimum atomic E-state index is 0.260. The van der Waals surface area contributed by atoms with Crippen molar-refractivity contribution in [2.24, 2.45) is 5.92 Å². The van der Waals surface area contributed by atoms with Gasteiger partial charge in [-0.05, 0) is 43.4 Å². The average Bonchev–Trinajstić information content (AvgIpc) is 2.26. The minimum Gasteiger partial charge on any atom is -0.494 e. The molecule has 0 radical (unpaired) electrons. The highest BCUT2D eigenvalue weighted by Gasteiger charge is 2.09. The van der Waals surface area contributed by atoms with E-state index in [1.165, 1.54) is 5.56 Å². The van der Waals surface area contributed by atoms with Crippen LogP contribution in [0.25, 0.3) is 0 Å². The molecule has 1 aromatic carbocycles. The van der Waals surface area contributed by atoms with Gasteiger partial charge in [-0.25, -0.2) is 0 Å². The zero-order valence-electron chi connectivity index (χ0n) is 10.4. The predicted molar refractivity (Wildman–Crippen MR) is 70.4 cm³/mol. The maximum absolute atomic E-state index is 6.24. The smallest absolute Gasteiger partial charge is 0.119 e. The predicted octanol–water partition coefficient (Wildman–Crippen LogP) is 4.28. The van der Waals surface area contributed by atoms with Crippen molar-refractivity contribution in [1.29, 1.82) is 0 Å². The van der Waals surface area contributed by atoms with Crippen LogP contribution in [0.3, 0.4) is 0 Å². The fraction of sp³-hybridized carbons (Fsp3) is 0.571. The fourth-order valence-electron chi connectivity index (χ4n) is 1.60. The Morgan fingerprint density at radius 1 is 1.31 bits per heavy atom. The summed E-state index contributed by atoms with van der Waals surface area (Å²) < 4.78 is 5.47. The lowest BCUT2D eigenvalue weighted by atomic mass is 10.0. The largest absolute Gasteiger partial charge is 0.494 e. The Kier molecular flexibility index (Phi) is 5.68. The summed E-state index contributed by atoms with van der Waals surface area (Å²) in [6.45, 7) is 7.04. The molecule has 0 bridgehead atoms. The van der Waals surface area contributed by atoms with Crippen LogP contribution in [0, 0.1) is 5.92 Å². The first kappa shape index (κ1) is 13.4. The van der Waals surface area contributed by atoms with Crippen LogP contribution >= 0.6 is 11.6 Å². The van der Waals surface area contributed by atoms with E-state index in [1.54, 1.807) is 0 Å². The Morgan fingerprint density at radius 3 is 2.69 bits per heavy atom. The number of alkyl halides is 1. The highest BCUT2D eigenvalue weighted by Crippen LogP contribution is 2.19. The molecule has 0 spiro atoms. The summed E-state index contributed by atoms with van der Waals surface area (Å²) in [6, 6.07) is 8.27. The van der Waals surface area contributed by atoms with Gasteiger partial charge in [0.15, 0.2) is 0 Å². The van der Waals surface area contributed by atoms with Crippen molar-refractivity contribution in [3.8, 4) is 5.75 Å². The molecule has 1 atom stereocenters. The molecule has 0 aliphatic rings. The van der Waals surface area contributed by atoms with Crippen LogP contribution in [0.5, 0.6) is 5.75 Å². The number of halogens is 1. The lowest BCUT2D eigenvalue weighted by Gasteiger charge is -2.13. The van der Waals surface area contributed by atoms with E-state index in [-0.39, 0.29) is 5.38 Å². The third-order valence-electron chi connectivity index (χ3n) is 2.64. The van der Waals surface area contributed by atoms with Gasteiger partial charge >= 0.3 is 0 Å². The summed E-state index contributed by atoms with van der Waals surface area (Å²) in [4.78, 5) is 0. The number of ether oxygens (including phenoxy) is 1. The van der Waals surface area contributed by atoms with E-state index in [2.05, 4.69) is 26.0 Å². The zero-order chi connectivity index (χ0) is 12.0. The van der Waals surface area contributed by atoms with Gasteiger partial charge in [-0.3, -0.25) is 0 Å². The van der Waals surface area contributed by atoms with Crippen LogP contribution in [0.2, 0.25) is 0 Å². The molecule has 1 nitrogen and oxygen atoms in total. The molecule has 0 aliphatic heterocycles. The highest BCUT2D eigenvalue weighted by atomic mass is 35.5. The van der Waals surface area contributed by atoms with Crippen molar-refractivity contribution < 1.29 is 4.74 Å². The summed E-state index contributed by atoms with van der Waals surface area (Å²) in [5, 5.41) is 0.260. The van der Waals surface area contributed by atoms with Gasteiger partial charge in [-0.2, -0.15) is 0 Å². The summed E-state index contributed by atoms with van der Waals surface area (Å²) in [7, 11) is 0. The van der Waals surface area contributed by atoms with Gasteiger partial charge in [-0.15, -0.1) is 11.6 Å². The summed E-state index contributed by atoms with van der Waals surface area (Å²) >= 11 is 6.24. The van der Waals surface area contributed by atoms with Crippen LogP contribution in [0.4, 0.5) is 0 Å². The van der Waals surface area contributed by atoms with Gasteiger partial charge in [-0.1, -0.05) is 26.0 Å². The SMILES string of the molecule is CCOc1cccc(CCC(Cl)C(C)C)c1. The molecule has 1 rings (SSSR count). The molecule has 0 amide bonds. The first-order valence-electron chi connectivity index (χ1n) is 5.99. The summed E-state index contributed by atoms with van der Waals surface area (Å²) in [6.07, 6.45) is 2.04. The second kappa shape index (κ2) is 6.80. The molecule has 90 valence electrons. The molecule has 0 N–H and O–H groups in total. The van der Waals surface area contributed by atoms with Crippen LogP contribution in [0.1, 0.15) is 32.8 Å². The number of rotatable bonds is 6. The van der Waals surface area contributed by atoms with Crippen molar-refractivity contribution in [2.75, 3.05) is 6.61 Å². The second-order valence-electron chi connectivity index (χ2n) is 4.38. The van der Waals surface area contributed by atoms with Crippen molar-refractivity contribution >= 4 is 11.6 Å². The Hall–Kier alpha value is -0.690. The van der Waals surface area contributed by atoms with E-state index in [9.17, 15) is 0 Å². The third kappa shape index (κ3) is 4.44. The Labute approximate surface area is 104 Å². The normalized spacial score (nSPS) is 12.8. The molecule has 1 unspecified atom stereocenters. The minimum absolute atomic E-state index is 0.260. The Bertz CT molecular complexity index is 309. The van der Waals surface area contributed by atoms with Gasteiger partial charge in [0, 0.05) is 5.38 Å². The molecule has 0 heterocycles. The first-order valence-corrected chi connectivity index (χ1v) is 6.43. The highest BCUT2D eigenvalue weighted by molar-refractivity contribution is 6.20. The molecule has 0 aliphatic carbocycles. The van der Waals surface area contributed by atoms with Gasteiger partial charge in [0.2, 0.25) is 0 Å². The van der Waals surface area contributed by atoms with Gasteiger partial charge in [0.25, 0.3) is 0 Å². The summed E-state index contributed by atoms with van der Waals surface area (Å²) in [5.41, 5.74) is 1.30. The number of hydrogen-bond donors (Lipinski definition) is 0. The monoisotopic (exact) mass is 240 g/mol. The topological polar surface area (TPSA) is 9.23 Å². The average molecular weight is 241 g/mol. The van der Waals surface area contributed by atoms with Crippen LogP contribution < -0.4 is 4.74 Å². The van der Waals surface area contributed by atoms with E-state index in [0.29, 0.717) is 12.5 Å². The lowest BCUT2D eigenvalue weighted by molar-refractivity contribution is 0.340. The first-order chi connectivity index (χ1) is 7.63. The summed E-state index contributed by atoms with van der Waals surface area (Å²) in [5.74, 6) is 1.49. The van der Waals surface area contributed by atoms with Gasteiger partial charge in [0.05, 0.1) is 6.61 Å². The van der Waals surface area contributed by atoms with Gasteiger partial charge in [0.1, 0.15) is 5.75 Å². The molecule has 16 heavy (non-hydrogen) atoms. The second-order valence-corrected chi connectivity index (χ2v) is 4.94. The van der Waals surface area contributed by atoms with Crippen molar-refractivity contribution in [3.05, 3.63) is 29.8 Å². The molecule has 0 saturated carbocycles. The lowest BCUT2D eigenvalue weighted by Crippen LogP contribution is -2.08. The molecule has 0 fully saturated rings. The number of aryl methyl sites for hydroxylation is 1. The van der Waals surface area contributed by atoms with Crippen LogP contribution in [-0.4, -0.2) is 12.0 Å². The van der Waals surface area contributed by atoms with E-state index < -0.39 is 0 Å². The molecule has 0 aromatic heterocycles. The van der Waals surface area contributed by atoms with Crippen LogP contribution in [-0.2, 0) is 6.42 Å². The van der Waals surface area contributed by atoms with E-state index in [0.717, 1.165) is 18.6 Å². The number of benzene rings is 1. The standard InChI is InChI=1S/C14H21ClO/c1-4-16-13-7-5-6-12(10-13)8-9-14(15)11(2)3/h5-7,10-11,14H,4,8-9H2,1-3H3. The maximum Gasteiger partial charge on any atom is 0.119 e. The van der Waals surface area contributed by atoms with Crippen molar-refractivity contribution in [1.82, 2.24) is 0 Å². The third-order valence-corrected chi connectivity index (χ3v) is 3.36. The molecular formula is C14H21ClO.